The van der Waals surface area contributed by atoms with Crippen molar-refractivity contribution in [1.29, 1.82) is 0 Å². The highest BCUT2D eigenvalue weighted by Gasteiger charge is 2.13. The number of furan rings is 1. The van der Waals surface area contributed by atoms with Crippen molar-refractivity contribution in [3.8, 4) is 10.6 Å². The van der Waals surface area contributed by atoms with E-state index in [1.54, 1.807) is 23.9 Å². The maximum Gasteiger partial charge on any atom is 0.276 e. The second-order valence-electron chi connectivity index (χ2n) is 5.92. The van der Waals surface area contributed by atoms with Gasteiger partial charge >= 0.3 is 0 Å². The fourth-order valence-electron chi connectivity index (χ4n) is 2.57. The molecule has 3 heterocycles. The molecular formula is C19H17N3O2S2. The second-order valence-corrected chi connectivity index (χ2v) is 7.71. The predicted molar refractivity (Wildman–Crippen MR) is 102 cm³/mol. The van der Waals surface area contributed by atoms with E-state index in [1.807, 2.05) is 29.6 Å². The SMILES string of the molecule is CC(Cc1nnc(SCc2csc(-c3ccoc3)n2)o1)c1ccccc1. The Morgan fingerprint density at radius 2 is 2.04 bits per heavy atom. The molecule has 132 valence electrons. The molecule has 0 aliphatic carbocycles. The van der Waals surface area contributed by atoms with Crippen LogP contribution >= 0.6 is 23.1 Å². The Kier molecular flexibility index (Phi) is 5.17. The van der Waals surface area contributed by atoms with Crippen molar-refractivity contribution in [2.24, 2.45) is 0 Å². The predicted octanol–water partition coefficient (Wildman–Crippen LogP) is 5.42. The van der Waals surface area contributed by atoms with E-state index >= 15 is 0 Å². The van der Waals surface area contributed by atoms with Gasteiger partial charge in [0.2, 0.25) is 5.89 Å². The van der Waals surface area contributed by atoms with Crippen LogP contribution in [0.3, 0.4) is 0 Å². The van der Waals surface area contributed by atoms with Crippen LogP contribution in [0.15, 0.2) is 68.4 Å². The molecule has 7 heteroatoms. The monoisotopic (exact) mass is 383 g/mol. The van der Waals surface area contributed by atoms with Crippen molar-refractivity contribution in [2.75, 3.05) is 0 Å². The average molecular weight is 383 g/mol. The van der Waals surface area contributed by atoms with E-state index in [1.165, 1.54) is 17.3 Å². The van der Waals surface area contributed by atoms with Gasteiger partial charge in [-0.15, -0.1) is 21.5 Å². The third-order valence-corrected chi connectivity index (χ3v) is 5.75. The molecule has 0 amide bonds. The molecule has 26 heavy (non-hydrogen) atoms. The van der Waals surface area contributed by atoms with Crippen LogP contribution in [0, 0.1) is 0 Å². The van der Waals surface area contributed by atoms with Crippen molar-refractivity contribution in [3.63, 3.8) is 0 Å². The number of hydrogen-bond donors (Lipinski definition) is 0. The summed E-state index contributed by atoms with van der Waals surface area (Å²) in [7, 11) is 0. The molecular weight excluding hydrogens is 366 g/mol. The summed E-state index contributed by atoms with van der Waals surface area (Å²) in [5.41, 5.74) is 3.27. The van der Waals surface area contributed by atoms with Crippen LogP contribution in [0.2, 0.25) is 0 Å². The normalized spacial score (nSPS) is 12.3. The van der Waals surface area contributed by atoms with Crippen molar-refractivity contribution in [3.05, 3.63) is 71.5 Å². The maximum atomic E-state index is 5.78. The summed E-state index contributed by atoms with van der Waals surface area (Å²) < 4.78 is 10.9. The summed E-state index contributed by atoms with van der Waals surface area (Å²) in [5, 5.41) is 11.9. The molecule has 0 bridgehead atoms. The smallest absolute Gasteiger partial charge is 0.276 e. The molecule has 0 saturated carbocycles. The zero-order valence-electron chi connectivity index (χ0n) is 14.2. The quantitative estimate of drug-likeness (QED) is 0.397. The fourth-order valence-corrected chi connectivity index (χ4v) is 4.15. The Morgan fingerprint density at radius 1 is 1.15 bits per heavy atom. The summed E-state index contributed by atoms with van der Waals surface area (Å²) in [6.45, 7) is 2.17. The fraction of sp³-hybridized carbons (Fsp3) is 0.211. The lowest BCUT2D eigenvalue weighted by Gasteiger charge is -2.08. The van der Waals surface area contributed by atoms with E-state index in [4.69, 9.17) is 8.83 Å². The third kappa shape index (κ3) is 4.05. The van der Waals surface area contributed by atoms with Gasteiger partial charge in [-0.2, -0.15) is 0 Å². The highest BCUT2D eigenvalue weighted by molar-refractivity contribution is 7.98. The van der Waals surface area contributed by atoms with Crippen LogP contribution in [0.1, 0.15) is 30.0 Å². The number of rotatable bonds is 7. The molecule has 0 aliphatic heterocycles. The van der Waals surface area contributed by atoms with Gasteiger partial charge in [0.15, 0.2) is 0 Å². The molecule has 5 nitrogen and oxygen atoms in total. The minimum absolute atomic E-state index is 0.338. The molecule has 0 saturated heterocycles. The Bertz CT molecular complexity index is 948. The molecule has 1 atom stereocenters. The first-order chi connectivity index (χ1) is 12.8. The van der Waals surface area contributed by atoms with E-state index in [0.29, 0.717) is 22.8 Å². The summed E-state index contributed by atoms with van der Waals surface area (Å²) in [6, 6.07) is 12.3. The maximum absolute atomic E-state index is 5.78. The molecule has 1 unspecified atom stereocenters. The lowest BCUT2D eigenvalue weighted by atomic mass is 9.98. The number of thiazole rings is 1. The summed E-state index contributed by atoms with van der Waals surface area (Å²) in [4.78, 5) is 4.61. The van der Waals surface area contributed by atoms with Gasteiger partial charge in [0, 0.05) is 23.1 Å². The minimum Gasteiger partial charge on any atom is -0.472 e. The Labute approximate surface area is 159 Å². The number of hydrogen-bond acceptors (Lipinski definition) is 7. The zero-order valence-corrected chi connectivity index (χ0v) is 15.8. The summed E-state index contributed by atoms with van der Waals surface area (Å²) >= 11 is 3.11. The van der Waals surface area contributed by atoms with Crippen LogP contribution in [-0.4, -0.2) is 15.2 Å². The van der Waals surface area contributed by atoms with Crippen LogP contribution in [0.4, 0.5) is 0 Å². The lowest BCUT2D eigenvalue weighted by Crippen LogP contribution is -1.98. The van der Waals surface area contributed by atoms with Crippen molar-refractivity contribution >= 4 is 23.1 Å². The largest absolute Gasteiger partial charge is 0.472 e. The van der Waals surface area contributed by atoms with Crippen LogP contribution in [-0.2, 0) is 12.2 Å². The first kappa shape index (κ1) is 17.1. The lowest BCUT2D eigenvalue weighted by molar-refractivity contribution is 0.404. The van der Waals surface area contributed by atoms with Crippen molar-refractivity contribution in [2.45, 2.75) is 30.2 Å². The minimum atomic E-state index is 0.338. The summed E-state index contributed by atoms with van der Waals surface area (Å²) in [6.07, 6.45) is 4.09. The van der Waals surface area contributed by atoms with Gasteiger partial charge < -0.3 is 8.83 Å². The Morgan fingerprint density at radius 3 is 2.85 bits per heavy atom. The molecule has 0 spiro atoms. The molecule has 1 aromatic carbocycles. The second kappa shape index (κ2) is 7.88. The molecule has 0 N–H and O–H groups in total. The molecule has 4 rings (SSSR count). The van der Waals surface area contributed by atoms with E-state index in [2.05, 4.69) is 34.2 Å². The van der Waals surface area contributed by atoms with Gasteiger partial charge in [-0.3, -0.25) is 0 Å². The van der Waals surface area contributed by atoms with Crippen LogP contribution in [0.5, 0.6) is 0 Å². The molecule has 0 fully saturated rings. The van der Waals surface area contributed by atoms with Gasteiger partial charge in [0.25, 0.3) is 5.22 Å². The molecule has 3 aromatic heterocycles. The van der Waals surface area contributed by atoms with Crippen molar-refractivity contribution < 1.29 is 8.83 Å². The first-order valence-electron chi connectivity index (χ1n) is 8.25. The first-order valence-corrected chi connectivity index (χ1v) is 10.1. The van der Waals surface area contributed by atoms with E-state index < -0.39 is 0 Å². The molecule has 4 aromatic rings. The van der Waals surface area contributed by atoms with Gasteiger partial charge in [-0.1, -0.05) is 49.0 Å². The van der Waals surface area contributed by atoms with E-state index in [0.717, 1.165) is 22.7 Å². The van der Waals surface area contributed by atoms with Crippen LogP contribution < -0.4 is 0 Å². The standard InChI is InChI=1S/C19H17N3O2S2/c1-13(14-5-3-2-4-6-14)9-17-21-22-19(24-17)26-12-16-11-25-18(20-16)15-7-8-23-10-15/h2-8,10-11,13H,9,12H2,1H3. The number of thioether (sulfide) groups is 1. The highest BCUT2D eigenvalue weighted by Crippen LogP contribution is 2.28. The number of benzene rings is 1. The molecule has 0 aliphatic rings. The Hall–Kier alpha value is -2.38. The number of nitrogens with zero attached hydrogens (tertiary/aromatic N) is 3. The van der Waals surface area contributed by atoms with Gasteiger partial charge in [-0.25, -0.2) is 4.98 Å². The van der Waals surface area contributed by atoms with Gasteiger partial charge in [0.05, 0.1) is 12.0 Å². The number of aromatic nitrogens is 3. The third-order valence-electron chi connectivity index (χ3n) is 3.96. The van der Waals surface area contributed by atoms with E-state index in [-0.39, 0.29) is 0 Å². The average Bonchev–Trinajstić information content (AvgIpc) is 3.42. The van der Waals surface area contributed by atoms with Crippen LogP contribution in [0.25, 0.3) is 10.6 Å². The summed E-state index contributed by atoms with van der Waals surface area (Å²) in [5.74, 6) is 1.70. The molecule has 0 radical (unpaired) electrons. The topological polar surface area (TPSA) is 65.0 Å². The van der Waals surface area contributed by atoms with Gasteiger partial charge in [0.1, 0.15) is 11.3 Å². The highest BCUT2D eigenvalue weighted by atomic mass is 32.2. The van der Waals surface area contributed by atoms with Crippen molar-refractivity contribution in [1.82, 2.24) is 15.2 Å². The Balaban J connectivity index is 1.34. The van der Waals surface area contributed by atoms with E-state index in [9.17, 15) is 0 Å². The van der Waals surface area contributed by atoms with Gasteiger partial charge in [-0.05, 0) is 17.5 Å². The zero-order chi connectivity index (χ0) is 17.8.